The maximum atomic E-state index is 4.07. The molecule has 0 amide bonds. The van der Waals surface area contributed by atoms with Gasteiger partial charge in [-0.15, -0.1) is 0 Å². The Morgan fingerprint density at radius 3 is 2.21 bits per heavy atom. The molecule has 2 aromatic rings. The summed E-state index contributed by atoms with van der Waals surface area (Å²) in [6.07, 6.45) is 6.32. The third-order valence-electron chi connectivity index (χ3n) is 3.38. The van der Waals surface area contributed by atoms with Crippen LogP contribution in [0.3, 0.4) is 0 Å². The van der Waals surface area contributed by atoms with E-state index in [0.717, 1.165) is 32.5 Å². The van der Waals surface area contributed by atoms with Gasteiger partial charge in [-0.2, -0.15) is 31.8 Å². The maximum Gasteiger partial charge on any atom is 0.134 e. The molecule has 0 aromatic carbocycles. The minimum atomic E-state index is 0.647. The molecule has 2 heterocycles. The first-order chi connectivity index (χ1) is 11.7. The SMILES string of the molecule is CCN=NCc1cscc1CC.CCN=NCn1ccc(CC)c1. The average molecular weight is 348 g/mol. The number of hydrogen-bond acceptors (Lipinski definition) is 5. The van der Waals surface area contributed by atoms with Crippen molar-refractivity contribution in [3.05, 3.63) is 45.9 Å². The van der Waals surface area contributed by atoms with E-state index in [1.54, 1.807) is 11.3 Å². The van der Waals surface area contributed by atoms with Crippen molar-refractivity contribution < 1.29 is 0 Å². The first kappa shape index (κ1) is 20.2. The van der Waals surface area contributed by atoms with Gasteiger partial charge in [-0.25, -0.2) is 0 Å². The molecule has 2 rings (SSSR count). The van der Waals surface area contributed by atoms with E-state index in [4.69, 9.17) is 0 Å². The van der Waals surface area contributed by atoms with Gasteiger partial charge in [0.2, 0.25) is 0 Å². The number of rotatable bonds is 8. The van der Waals surface area contributed by atoms with Crippen LogP contribution in [-0.4, -0.2) is 17.7 Å². The second-order valence-electron chi connectivity index (χ2n) is 5.16. The van der Waals surface area contributed by atoms with Crippen LogP contribution in [-0.2, 0) is 26.1 Å². The molecule has 0 bridgehead atoms. The third-order valence-corrected chi connectivity index (χ3v) is 4.23. The third kappa shape index (κ3) is 7.64. The molecular formula is C18H29N5S. The summed E-state index contributed by atoms with van der Waals surface area (Å²) in [7, 11) is 0. The zero-order chi connectivity index (χ0) is 17.6. The summed E-state index contributed by atoms with van der Waals surface area (Å²) in [4.78, 5) is 0. The Balaban J connectivity index is 0.000000240. The van der Waals surface area contributed by atoms with Crippen LogP contribution in [0.25, 0.3) is 0 Å². The van der Waals surface area contributed by atoms with Gasteiger partial charge in [0.15, 0.2) is 0 Å². The van der Waals surface area contributed by atoms with E-state index in [1.807, 2.05) is 24.6 Å². The highest BCUT2D eigenvalue weighted by molar-refractivity contribution is 7.08. The van der Waals surface area contributed by atoms with E-state index in [2.05, 4.69) is 57.3 Å². The fourth-order valence-electron chi connectivity index (χ4n) is 2.03. The van der Waals surface area contributed by atoms with Gasteiger partial charge in [0.05, 0.1) is 19.6 Å². The number of hydrogen-bond donors (Lipinski definition) is 0. The average Bonchev–Trinajstić information content (AvgIpc) is 3.25. The zero-order valence-corrected chi connectivity index (χ0v) is 16.1. The first-order valence-electron chi connectivity index (χ1n) is 8.60. The van der Waals surface area contributed by atoms with Crippen molar-refractivity contribution in [1.29, 1.82) is 0 Å². The zero-order valence-electron chi connectivity index (χ0n) is 15.3. The van der Waals surface area contributed by atoms with E-state index in [1.165, 1.54) is 16.7 Å². The topological polar surface area (TPSA) is 54.4 Å². The second-order valence-corrected chi connectivity index (χ2v) is 5.90. The first-order valence-corrected chi connectivity index (χ1v) is 9.54. The Morgan fingerprint density at radius 2 is 1.58 bits per heavy atom. The second kappa shape index (κ2) is 12.6. The Bertz CT molecular complexity index is 612. The lowest BCUT2D eigenvalue weighted by atomic mass is 10.1. The summed E-state index contributed by atoms with van der Waals surface area (Å²) < 4.78 is 2.04. The van der Waals surface area contributed by atoms with Crippen molar-refractivity contribution in [2.24, 2.45) is 20.5 Å². The van der Waals surface area contributed by atoms with Crippen molar-refractivity contribution in [1.82, 2.24) is 4.57 Å². The van der Waals surface area contributed by atoms with Crippen molar-refractivity contribution >= 4 is 11.3 Å². The normalized spacial score (nSPS) is 11.2. The lowest BCUT2D eigenvalue weighted by molar-refractivity contribution is 0.684. The number of aryl methyl sites for hydroxylation is 2. The van der Waals surface area contributed by atoms with Gasteiger partial charge in [-0.3, -0.25) is 0 Å². The lowest BCUT2D eigenvalue weighted by Crippen LogP contribution is -1.89. The molecule has 0 radical (unpaired) electrons. The van der Waals surface area contributed by atoms with Crippen LogP contribution < -0.4 is 0 Å². The standard InChI is InChI=1S/C9H15N3.C9H14N2S/c1-3-9-5-6-12(7-9)8-11-10-4-2;1-3-8-6-12-7-9(8)5-11-10-4-2/h5-7H,3-4,8H2,1-2H3;6-7H,3-5H2,1-2H3. The van der Waals surface area contributed by atoms with Crippen LogP contribution in [0, 0.1) is 0 Å². The number of thiophene rings is 1. The number of azo groups is 2. The summed E-state index contributed by atoms with van der Waals surface area (Å²) >= 11 is 1.75. The summed E-state index contributed by atoms with van der Waals surface area (Å²) in [5, 5.41) is 20.3. The van der Waals surface area contributed by atoms with E-state index in [9.17, 15) is 0 Å². The van der Waals surface area contributed by atoms with Gasteiger partial charge in [0.25, 0.3) is 0 Å². The quantitative estimate of drug-likeness (QED) is 0.545. The van der Waals surface area contributed by atoms with Crippen molar-refractivity contribution in [3.8, 4) is 0 Å². The Hall–Kier alpha value is -1.82. The van der Waals surface area contributed by atoms with Gasteiger partial charge >= 0.3 is 0 Å². The molecule has 0 atom stereocenters. The fraction of sp³-hybridized carbons (Fsp3) is 0.556. The summed E-state index contributed by atoms with van der Waals surface area (Å²) in [5.41, 5.74) is 4.09. The van der Waals surface area contributed by atoms with Gasteiger partial charge in [-0.05, 0) is 60.2 Å². The Morgan fingerprint density at radius 1 is 0.875 bits per heavy atom. The van der Waals surface area contributed by atoms with Crippen molar-refractivity contribution in [2.75, 3.05) is 13.1 Å². The maximum absolute atomic E-state index is 4.07. The predicted molar refractivity (Wildman–Crippen MR) is 102 cm³/mol. The number of aromatic nitrogens is 1. The molecule has 6 heteroatoms. The molecule has 0 N–H and O–H groups in total. The van der Waals surface area contributed by atoms with E-state index in [0.29, 0.717) is 6.67 Å². The molecule has 0 aliphatic rings. The van der Waals surface area contributed by atoms with Crippen LogP contribution in [0.15, 0.2) is 49.7 Å². The molecule has 0 saturated carbocycles. The summed E-state index contributed by atoms with van der Waals surface area (Å²) in [5.74, 6) is 0. The highest BCUT2D eigenvalue weighted by Crippen LogP contribution is 2.16. The molecule has 0 saturated heterocycles. The molecule has 0 spiro atoms. The Kier molecular flexibility index (Phi) is 10.6. The Labute approximate surface area is 149 Å². The molecule has 0 aliphatic heterocycles. The van der Waals surface area contributed by atoms with E-state index < -0.39 is 0 Å². The van der Waals surface area contributed by atoms with Crippen molar-refractivity contribution in [3.63, 3.8) is 0 Å². The highest BCUT2D eigenvalue weighted by atomic mass is 32.1. The molecule has 0 unspecified atom stereocenters. The van der Waals surface area contributed by atoms with Gasteiger partial charge in [0, 0.05) is 12.4 Å². The number of nitrogens with zero attached hydrogens (tertiary/aromatic N) is 5. The highest BCUT2D eigenvalue weighted by Gasteiger charge is 1.99. The molecule has 24 heavy (non-hydrogen) atoms. The molecule has 0 fully saturated rings. The van der Waals surface area contributed by atoms with Crippen LogP contribution in [0.2, 0.25) is 0 Å². The minimum absolute atomic E-state index is 0.647. The molecule has 2 aromatic heterocycles. The molecule has 0 aliphatic carbocycles. The summed E-state index contributed by atoms with van der Waals surface area (Å²) in [6.45, 7) is 11.2. The molecular weight excluding hydrogens is 318 g/mol. The minimum Gasteiger partial charge on any atom is -0.333 e. The van der Waals surface area contributed by atoms with Crippen LogP contribution in [0.5, 0.6) is 0 Å². The monoisotopic (exact) mass is 347 g/mol. The predicted octanol–water partition coefficient (Wildman–Crippen LogP) is 5.76. The van der Waals surface area contributed by atoms with Gasteiger partial charge < -0.3 is 4.57 Å². The summed E-state index contributed by atoms with van der Waals surface area (Å²) in [6, 6.07) is 2.11. The van der Waals surface area contributed by atoms with Crippen LogP contribution >= 0.6 is 11.3 Å². The van der Waals surface area contributed by atoms with E-state index in [-0.39, 0.29) is 0 Å². The van der Waals surface area contributed by atoms with Crippen LogP contribution in [0.4, 0.5) is 0 Å². The fourth-order valence-corrected chi connectivity index (χ4v) is 2.97. The van der Waals surface area contributed by atoms with Crippen molar-refractivity contribution in [2.45, 2.75) is 53.8 Å². The molecule has 132 valence electrons. The largest absolute Gasteiger partial charge is 0.333 e. The van der Waals surface area contributed by atoms with Crippen LogP contribution in [0.1, 0.15) is 44.4 Å². The van der Waals surface area contributed by atoms with Gasteiger partial charge in [-0.1, -0.05) is 13.8 Å². The van der Waals surface area contributed by atoms with Gasteiger partial charge in [0.1, 0.15) is 6.67 Å². The lowest BCUT2D eigenvalue weighted by Gasteiger charge is -1.94. The molecule has 5 nitrogen and oxygen atoms in total. The van der Waals surface area contributed by atoms with E-state index >= 15 is 0 Å². The smallest absolute Gasteiger partial charge is 0.134 e.